The van der Waals surface area contributed by atoms with Crippen molar-refractivity contribution in [1.82, 2.24) is 4.98 Å². The van der Waals surface area contributed by atoms with Crippen molar-refractivity contribution in [2.24, 2.45) is 0 Å². The normalized spacial score (nSPS) is 10.1. The van der Waals surface area contributed by atoms with Crippen LogP contribution in [0.2, 0.25) is 0 Å². The molecule has 0 aliphatic rings. The predicted octanol–water partition coefficient (Wildman–Crippen LogP) is 4.31. The van der Waals surface area contributed by atoms with Gasteiger partial charge in [0.1, 0.15) is 0 Å². The molecule has 0 bridgehead atoms. The minimum absolute atomic E-state index is 0.630. The van der Waals surface area contributed by atoms with Gasteiger partial charge in [-0.2, -0.15) is 10.5 Å². The summed E-state index contributed by atoms with van der Waals surface area (Å²) in [5, 5.41) is 19.0. The maximum atomic E-state index is 9.04. The van der Waals surface area contributed by atoms with Crippen LogP contribution in [-0.4, -0.2) is 4.98 Å². The molecule has 1 heterocycles. The Balaban J connectivity index is 2.22. The van der Waals surface area contributed by atoms with Gasteiger partial charge in [0.25, 0.3) is 0 Å². The molecular weight excluding hydrogens is 270 g/mol. The van der Waals surface area contributed by atoms with Gasteiger partial charge in [-0.3, -0.25) is 0 Å². The average Bonchev–Trinajstić information content (AvgIpc) is 2.93. The Morgan fingerprint density at radius 3 is 2.32 bits per heavy atom. The van der Waals surface area contributed by atoms with Crippen molar-refractivity contribution < 1.29 is 0 Å². The molecule has 104 valence electrons. The molecule has 0 unspecified atom stereocenters. The number of hydrogen-bond acceptors (Lipinski definition) is 2. The zero-order chi connectivity index (χ0) is 15.5. The highest BCUT2D eigenvalue weighted by Crippen LogP contribution is 2.31. The highest BCUT2D eigenvalue weighted by molar-refractivity contribution is 5.91. The molecule has 3 rings (SSSR count). The molecule has 3 heteroatoms. The first-order valence-electron chi connectivity index (χ1n) is 6.93. The van der Waals surface area contributed by atoms with Gasteiger partial charge in [0.15, 0.2) is 0 Å². The molecule has 0 fully saturated rings. The molecule has 0 aliphatic carbocycles. The molecule has 22 heavy (non-hydrogen) atoms. The van der Waals surface area contributed by atoms with E-state index in [-0.39, 0.29) is 0 Å². The Kier molecular flexibility index (Phi) is 3.48. The van der Waals surface area contributed by atoms with Crippen molar-refractivity contribution in [3.05, 3.63) is 71.8 Å². The second kappa shape index (κ2) is 5.60. The highest BCUT2D eigenvalue weighted by atomic mass is 14.7. The second-order valence-corrected chi connectivity index (χ2v) is 5.03. The summed E-state index contributed by atoms with van der Waals surface area (Å²) in [5.41, 5.74) is 5.39. The quantitative estimate of drug-likeness (QED) is 0.728. The van der Waals surface area contributed by atoms with Gasteiger partial charge in [-0.05, 0) is 41.8 Å². The first-order valence-corrected chi connectivity index (χ1v) is 6.93. The Labute approximate surface area is 128 Å². The fraction of sp³-hybridized carbons (Fsp3) is 0.0526. The van der Waals surface area contributed by atoms with E-state index >= 15 is 0 Å². The van der Waals surface area contributed by atoms with E-state index in [2.05, 4.69) is 23.7 Å². The van der Waals surface area contributed by atoms with Gasteiger partial charge in [-0.25, -0.2) is 0 Å². The Morgan fingerprint density at radius 1 is 1.00 bits per heavy atom. The van der Waals surface area contributed by atoms with Crippen LogP contribution in [0.25, 0.3) is 22.2 Å². The number of H-pyrrole nitrogens is 1. The van der Waals surface area contributed by atoms with Crippen LogP contribution >= 0.6 is 0 Å². The molecule has 2 aromatic carbocycles. The van der Waals surface area contributed by atoms with Gasteiger partial charge in [-0.15, -0.1) is 6.58 Å². The van der Waals surface area contributed by atoms with Gasteiger partial charge in [0.05, 0.1) is 29.0 Å². The minimum Gasteiger partial charge on any atom is -0.354 e. The Bertz CT molecular complexity index is 932. The number of aromatic nitrogens is 1. The number of hydrogen-bond donors (Lipinski definition) is 1. The SMILES string of the molecule is C=CCc1c(-c2ccc(C#N)cc2)[nH]c2cc(C#N)ccc12. The molecule has 0 spiro atoms. The second-order valence-electron chi connectivity index (χ2n) is 5.03. The largest absolute Gasteiger partial charge is 0.354 e. The Morgan fingerprint density at radius 2 is 1.68 bits per heavy atom. The third-order valence-corrected chi connectivity index (χ3v) is 3.69. The molecule has 0 radical (unpaired) electrons. The summed E-state index contributed by atoms with van der Waals surface area (Å²) < 4.78 is 0. The first kappa shape index (κ1) is 13.7. The van der Waals surface area contributed by atoms with Gasteiger partial charge >= 0.3 is 0 Å². The standard InChI is InChI=1S/C19H13N3/c1-2-3-17-16-9-6-14(12-21)10-18(16)22-19(17)15-7-4-13(11-20)5-8-15/h2,4-10,22H,1,3H2. The van der Waals surface area contributed by atoms with E-state index in [4.69, 9.17) is 10.5 Å². The zero-order valence-corrected chi connectivity index (χ0v) is 11.9. The van der Waals surface area contributed by atoms with Crippen LogP contribution in [0.15, 0.2) is 55.1 Å². The van der Waals surface area contributed by atoms with Crippen molar-refractivity contribution in [2.75, 3.05) is 0 Å². The van der Waals surface area contributed by atoms with Crippen LogP contribution < -0.4 is 0 Å². The smallest absolute Gasteiger partial charge is 0.0992 e. The summed E-state index contributed by atoms with van der Waals surface area (Å²) in [6.45, 7) is 3.83. The van der Waals surface area contributed by atoms with Crippen molar-refractivity contribution in [2.45, 2.75) is 6.42 Å². The number of rotatable bonds is 3. The lowest BCUT2D eigenvalue weighted by atomic mass is 10.0. The summed E-state index contributed by atoms with van der Waals surface area (Å²) in [7, 11) is 0. The fourth-order valence-corrected chi connectivity index (χ4v) is 2.64. The van der Waals surface area contributed by atoms with Crippen molar-refractivity contribution in [1.29, 1.82) is 10.5 Å². The summed E-state index contributed by atoms with van der Waals surface area (Å²) in [5.74, 6) is 0. The lowest BCUT2D eigenvalue weighted by Crippen LogP contribution is -1.86. The van der Waals surface area contributed by atoms with Gasteiger partial charge < -0.3 is 4.98 Å². The number of nitriles is 2. The third-order valence-electron chi connectivity index (χ3n) is 3.69. The van der Waals surface area contributed by atoms with Crippen LogP contribution in [0.5, 0.6) is 0 Å². The maximum absolute atomic E-state index is 9.04. The van der Waals surface area contributed by atoms with Crippen LogP contribution in [0.4, 0.5) is 0 Å². The molecule has 0 saturated carbocycles. The monoisotopic (exact) mass is 283 g/mol. The van der Waals surface area contributed by atoms with Crippen LogP contribution in [-0.2, 0) is 6.42 Å². The van der Waals surface area contributed by atoms with Crippen molar-refractivity contribution in [3.63, 3.8) is 0 Å². The third kappa shape index (κ3) is 2.26. The van der Waals surface area contributed by atoms with E-state index < -0.39 is 0 Å². The first-order chi connectivity index (χ1) is 10.8. The van der Waals surface area contributed by atoms with Crippen LogP contribution in [0.1, 0.15) is 16.7 Å². The van der Waals surface area contributed by atoms with Gasteiger partial charge in [-0.1, -0.05) is 24.3 Å². The molecular formula is C19H13N3. The summed E-state index contributed by atoms with van der Waals surface area (Å²) in [6.07, 6.45) is 2.61. The molecule has 0 saturated heterocycles. The molecule has 3 aromatic rings. The molecule has 1 aromatic heterocycles. The number of nitrogens with one attached hydrogen (secondary N) is 1. The topological polar surface area (TPSA) is 63.4 Å². The number of fused-ring (bicyclic) bond motifs is 1. The summed E-state index contributed by atoms with van der Waals surface area (Å²) in [4.78, 5) is 3.40. The van der Waals surface area contributed by atoms with E-state index in [0.717, 1.165) is 34.1 Å². The summed E-state index contributed by atoms with van der Waals surface area (Å²) >= 11 is 0. The van der Waals surface area contributed by atoms with Gasteiger partial charge in [0.2, 0.25) is 0 Å². The predicted molar refractivity (Wildman–Crippen MR) is 87.1 cm³/mol. The average molecular weight is 283 g/mol. The molecule has 1 N–H and O–H groups in total. The molecule has 0 aliphatic heterocycles. The molecule has 0 atom stereocenters. The van der Waals surface area contributed by atoms with E-state index in [1.54, 1.807) is 12.1 Å². The zero-order valence-electron chi connectivity index (χ0n) is 11.9. The lowest BCUT2D eigenvalue weighted by molar-refractivity contribution is 1.29. The molecule has 0 amide bonds. The Hall–Kier alpha value is -3.30. The minimum atomic E-state index is 0.630. The fourth-order valence-electron chi connectivity index (χ4n) is 2.64. The number of allylic oxidation sites excluding steroid dienone is 1. The number of nitrogens with zero attached hydrogens (tertiary/aromatic N) is 2. The van der Waals surface area contributed by atoms with Crippen LogP contribution in [0, 0.1) is 22.7 Å². The van der Waals surface area contributed by atoms with E-state index in [0.29, 0.717) is 11.1 Å². The maximum Gasteiger partial charge on any atom is 0.0992 e. The van der Waals surface area contributed by atoms with Crippen molar-refractivity contribution in [3.8, 4) is 23.4 Å². The lowest BCUT2D eigenvalue weighted by Gasteiger charge is -2.03. The van der Waals surface area contributed by atoms with E-state index in [1.807, 2.05) is 36.4 Å². The number of aromatic amines is 1. The van der Waals surface area contributed by atoms with Crippen LogP contribution in [0.3, 0.4) is 0 Å². The van der Waals surface area contributed by atoms with E-state index in [9.17, 15) is 0 Å². The molecule has 3 nitrogen and oxygen atoms in total. The van der Waals surface area contributed by atoms with Gasteiger partial charge in [0, 0.05) is 10.9 Å². The van der Waals surface area contributed by atoms with E-state index in [1.165, 1.54) is 0 Å². The van der Waals surface area contributed by atoms with Crippen molar-refractivity contribution >= 4 is 10.9 Å². The highest BCUT2D eigenvalue weighted by Gasteiger charge is 2.12. The number of benzene rings is 2. The summed E-state index contributed by atoms with van der Waals surface area (Å²) in [6, 6.07) is 17.4.